The van der Waals surface area contributed by atoms with E-state index in [1.165, 1.54) is 18.4 Å². The third-order valence-corrected chi connectivity index (χ3v) is 6.91. The molecule has 2 N–H and O–H groups in total. The van der Waals surface area contributed by atoms with Crippen molar-refractivity contribution in [2.75, 3.05) is 13.6 Å². The molecule has 2 atom stereocenters. The number of amides is 1. The first-order valence-corrected chi connectivity index (χ1v) is 11.8. The molecule has 2 bridgehead atoms. The van der Waals surface area contributed by atoms with Gasteiger partial charge >= 0.3 is 6.09 Å². The summed E-state index contributed by atoms with van der Waals surface area (Å²) in [6, 6.07) is 11.6. The summed E-state index contributed by atoms with van der Waals surface area (Å²) in [6.45, 7) is 6.74. The molecule has 1 saturated carbocycles. The Hall–Kier alpha value is -2.24. The molecule has 170 valence electrons. The number of carbonyl (C=O) groups is 1. The van der Waals surface area contributed by atoms with Gasteiger partial charge in [-0.05, 0) is 76.7 Å². The van der Waals surface area contributed by atoms with E-state index in [0.717, 1.165) is 44.6 Å². The van der Waals surface area contributed by atoms with Gasteiger partial charge in [-0.2, -0.15) is 0 Å². The van der Waals surface area contributed by atoms with Gasteiger partial charge in [-0.25, -0.2) is 4.79 Å². The maximum absolute atomic E-state index is 12.7. The van der Waals surface area contributed by atoms with Crippen LogP contribution in [-0.2, 0) is 11.2 Å². The maximum atomic E-state index is 12.7. The van der Waals surface area contributed by atoms with Crippen LogP contribution in [0.3, 0.4) is 0 Å². The molecule has 4 rings (SSSR count). The van der Waals surface area contributed by atoms with Crippen molar-refractivity contribution < 1.29 is 9.53 Å². The monoisotopic (exact) mass is 426 g/mol. The molecule has 2 unspecified atom stereocenters. The fourth-order valence-corrected chi connectivity index (χ4v) is 5.19. The van der Waals surface area contributed by atoms with Gasteiger partial charge in [0.15, 0.2) is 5.96 Å². The van der Waals surface area contributed by atoms with E-state index in [9.17, 15) is 4.79 Å². The highest BCUT2D eigenvalue weighted by Crippen LogP contribution is 2.47. The van der Waals surface area contributed by atoms with Gasteiger partial charge in [0.1, 0.15) is 5.60 Å². The van der Waals surface area contributed by atoms with E-state index >= 15 is 0 Å². The zero-order valence-corrected chi connectivity index (χ0v) is 19.5. The first-order valence-electron chi connectivity index (χ1n) is 11.8. The number of hydrogen-bond donors (Lipinski definition) is 2. The molecule has 6 heteroatoms. The summed E-state index contributed by atoms with van der Waals surface area (Å²) in [7, 11) is 1.84. The highest BCUT2D eigenvalue weighted by atomic mass is 16.6. The van der Waals surface area contributed by atoms with E-state index in [2.05, 4.69) is 46.0 Å². The Balaban J connectivity index is 1.28. The molecule has 2 saturated heterocycles. The summed E-state index contributed by atoms with van der Waals surface area (Å²) in [5, 5.41) is 7.23. The van der Waals surface area contributed by atoms with Gasteiger partial charge in [0.2, 0.25) is 0 Å². The van der Waals surface area contributed by atoms with Crippen molar-refractivity contribution in [3.8, 4) is 0 Å². The Kier molecular flexibility index (Phi) is 6.18. The molecule has 3 fully saturated rings. The standard InChI is InChI=1S/C25H38N4O2/c1-24(2,3)31-23(30)29-20-10-11-21(29)15-19(14-20)28-22(26-4)27-17-25(12-13-25)16-18-8-6-5-7-9-18/h5-9,19-21H,10-17H2,1-4H3,(H2,26,27,28). The fraction of sp³-hybridized carbons (Fsp3) is 0.680. The van der Waals surface area contributed by atoms with Crippen LogP contribution in [0.1, 0.15) is 64.9 Å². The van der Waals surface area contributed by atoms with Crippen LogP contribution >= 0.6 is 0 Å². The summed E-state index contributed by atoms with van der Waals surface area (Å²) in [4.78, 5) is 19.2. The molecular weight excluding hydrogens is 388 g/mol. The minimum Gasteiger partial charge on any atom is -0.444 e. The Morgan fingerprint density at radius 3 is 2.35 bits per heavy atom. The van der Waals surface area contributed by atoms with Crippen LogP contribution in [0.15, 0.2) is 35.3 Å². The summed E-state index contributed by atoms with van der Waals surface area (Å²) in [5.74, 6) is 0.884. The quantitative estimate of drug-likeness (QED) is 0.549. The van der Waals surface area contributed by atoms with Gasteiger partial charge in [-0.15, -0.1) is 0 Å². The number of benzene rings is 1. The lowest BCUT2D eigenvalue weighted by atomic mass is 9.96. The molecule has 3 aliphatic rings. The van der Waals surface area contributed by atoms with Crippen molar-refractivity contribution >= 4 is 12.1 Å². The molecule has 31 heavy (non-hydrogen) atoms. The predicted molar refractivity (Wildman–Crippen MR) is 124 cm³/mol. The third-order valence-electron chi connectivity index (χ3n) is 6.91. The van der Waals surface area contributed by atoms with Crippen molar-refractivity contribution in [1.82, 2.24) is 15.5 Å². The van der Waals surface area contributed by atoms with Crippen molar-refractivity contribution in [2.45, 2.75) is 89.4 Å². The molecule has 1 aromatic carbocycles. The zero-order valence-electron chi connectivity index (χ0n) is 19.5. The number of piperidine rings is 1. The lowest BCUT2D eigenvalue weighted by molar-refractivity contribution is 0.00544. The largest absolute Gasteiger partial charge is 0.444 e. The predicted octanol–water partition coefficient (Wildman–Crippen LogP) is 4.10. The van der Waals surface area contributed by atoms with Crippen LogP contribution in [0.5, 0.6) is 0 Å². The Labute approximate surface area is 186 Å². The van der Waals surface area contributed by atoms with Gasteiger partial charge in [-0.1, -0.05) is 30.3 Å². The average molecular weight is 427 g/mol. The minimum atomic E-state index is -0.448. The Morgan fingerprint density at radius 1 is 1.16 bits per heavy atom. The number of fused-ring (bicyclic) bond motifs is 2. The van der Waals surface area contributed by atoms with Crippen LogP contribution in [0.2, 0.25) is 0 Å². The number of nitrogens with zero attached hydrogens (tertiary/aromatic N) is 2. The number of aliphatic imine (C=N–C) groups is 1. The van der Waals surface area contributed by atoms with Crippen LogP contribution in [0.4, 0.5) is 4.79 Å². The zero-order chi connectivity index (χ0) is 22.1. The van der Waals surface area contributed by atoms with Crippen molar-refractivity contribution in [3.63, 3.8) is 0 Å². The molecule has 1 aliphatic carbocycles. The summed E-state index contributed by atoms with van der Waals surface area (Å²) >= 11 is 0. The molecule has 1 aromatic rings. The van der Waals surface area contributed by atoms with Crippen LogP contribution in [0, 0.1) is 5.41 Å². The van der Waals surface area contributed by atoms with Crippen LogP contribution in [-0.4, -0.2) is 54.3 Å². The van der Waals surface area contributed by atoms with Crippen molar-refractivity contribution in [2.24, 2.45) is 10.4 Å². The van der Waals surface area contributed by atoms with E-state index in [1.54, 1.807) is 0 Å². The topological polar surface area (TPSA) is 66.0 Å². The number of guanidine groups is 1. The minimum absolute atomic E-state index is 0.155. The molecule has 1 amide bonds. The van der Waals surface area contributed by atoms with E-state index in [0.29, 0.717) is 11.5 Å². The Bertz CT molecular complexity index is 783. The molecule has 2 heterocycles. The lowest BCUT2D eigenvalue weighted by Crippen LogP contribution is -2.55. The Morgan fingerprint density at radius 2 is 1.81 bits per heavy atom. The van der Waals surface area contributed by atoms with Crippen molar-refractivity contribution in [3.05, 3.63) is 35.9 Å². The van der Waals surface area contributed by atoms with Gasteiger partial charge < -0.3 is 20.3 Å². The van der Waals surface area contributed by atoms with Gasteiger partial charge in [0.25, 0.3) is 0 Å². The van der Waals surface area contributed by atoms with E-state index in [1.807, 2.05) is 32.7 Å². The number of nitrogens with one attached hydrogen (secondary N) is 2. The highest BCUT2D eigenvalue weighted by Gasteiger charge is 2.45. The molecule has 0 radical (unpaired) electrons. The molecule has 2 aliphatic heterocycles. The average Bonchev–Trinajstić information content (AvgIpc) is 3.41. The molecule has 0 spiro atoms. The third kappa shape index (κ3) is 5.52. The molecule has 6 nitrogen and oxygen atoms in total. The molecular formula is C25H38N4O2. The van der Waals surface area contributed by atoms with Gasteiger partial charge in [0.05, 0.1) is 0 Å². The van der Waals surface area contributed by atoms with Gasteiger partial charge in [0, 0.05) is 31.7 Å². The van der Waals surface area contributed by atoms with E-state index < -0.39 is 5.60 Å². The number of hydrogen-bond acceptors (Lipinski definition) is 3. The first-order chi connectivity index (χ1) is 14.8. The first kappa shape index (κ1) is 22.0. The van der Waals surface area contributed by atoms with Crippen LogP contribution < -0.4 is 10.6 Å². The van der Waals surface area contributed by atoms with E-state index in [4.69, 9.17) is 4.74 Å². The normalized spacial score (nSPS) is 27.0. The lowest BCUT2D eigenvalue weighted by Gasteiger charge is -2.40. The SMILES string of the molecule is CN=C(NCC1(Cc2ccccc2)CC1)NC1CC2CCC(C1)N2C(=O)OC(C)(C)C. The number of rotatable bonds is 5. The smallest absolute Gasteiger partial charge is 0.410 e. The fourth-order valence-electron chi connectivity index (χ4n) is 5.19. The second-order valence-electron chi connectivity index (χ2n) is 10.7. The summed E-state index contributed by atoms with van der Waals surface area (Å²) in [5.41, 5.74) is 1.32. The van der Waals surface area contributed by atoms with E-state index in [-0.39, 0.29) is 18.2 Å². The molecule has 0 aromatic heterocycles. The second kappa shape index (κ2) is 8.71. The maximum Gasteiger partial charge on any atom is 0.410 e. The number of ether oxygens (including phenoxy) is 1. The number of carbonyl (C=O) groups excluding carboxylic acids is 1. The summed E-state index contributed by atoms with van der Waals surface area (Å²) in [6.07, 6.45) is 7.53. The summed E-state index contributed by atoms with van der Waals surface area (Å²) < 4.78 is 5.66. The van der Waals surface area contributed by atoms with Crippen molar-refractivity contribution in [1.29, 1.82) is 0 Å². The second-order valence-corrected chi connectivity index (χ2v) is 10.7. The highest BCUT2D eigenvalue weighted by molar-refractivity contribution is 5.80. The van der Waals surface area contributed by atoms with Crippen LogP contribution in [0.25, 0.3) is 0 Å². The van der Waals surface area contributed by atoms with Gasteiger partial charge in [-0.3, -0.25) is 4.99 Å².